The minimum absolute atomic E-state index is 0.0180. The Labute approximate surface area is 263 Å². The van der Waals surface area contributed by atoms with Crippen LogP contribution in [0.15, 0.2) is 54.1 Å². The van der Waals surface area contributed by atoms with Gasteiger partial charge < -0.3 is 31.9 Å². The van der Waals surface area contributed by atoms with E-state index < -0.39 is 37.0 Å². The van der Waals surface area contributed by atoms with E-state index in [0.29, 0.717) is 11.1 Å². The molecule has 246 valence electrons. The van der Waals surface area contributed by atoms with E-state index in [1.165, 1.54) is 56.7 Å². The van der Waals surface area contributed by atoms with Crippen molar-refractivity contribution in [2.75, 3.05) is 39.6 Å². The normalized spacial score (nSPS) is 11.8. The van der Waals surface area contributed by atoms with Crippen LogP contribution in [0.5, 0.6) is 34.5 Å². The average Bonchev–Trinajstić information content (AvgIpc) is 2.90. The molecule has 0 atom stereocenters. The molecule has 3 aromatic carbocycles. The number of hydrogen-bond donors (Lipinski definition) is 1. The SMILES string of the molecule is COc1cc(-c2ccc(OS(C)(=O)=O)cc2)c(OC)c(OS(C)(=O)=O)c1-c1cc(CO)c(OCC=C(C)C)c(OS(C)(=O)=O)c1. The van der Waals surface area contributed by atoms with Crippen molar-refractivity contribution >= 4 is 30.4 Å². The average molecular weight is 687 g/mol. The van der Waals surface area contributed by atoms with E-state index in [1.807, 2.05) is 13.8 Å². The Kier molecular flexibility index (Phi) is 11.0. The van der Waals surface area contributed by atoms with E-state index in [2.05, 4.69) is 0 Å². The van der Waals surface area contributed by atoms with Crippen molar-refractivity contribution in [3.63, 3.8) is 0 Å². The van der Waals surface area contributed by atoms with Crippen molar-refractivity contribution in [1.82, 2.24) is 0 Å². The number of rotatable bonds is 14. The topological polar surface area (TPSA) is 178 Å². The monoisotopic (exact) mass is 686 g/mol. The van der Waals surface area contributed by atoms with Crippen LogP contribution in [-0.4, -0.2) is 70.0 Å². The summed E-state index contributed by atoms with van der Waals surface area (Å²) in [4.78, 5) is 0. The Balaban J connectivity index is 2.39. The van der Waals surface area contributed by atoms with Gasteiger partial charge in [0.15, 0.2) is 23.0 Å². The maximum absolute atomic E-state index is 12.5. The molecule has 0 saturated carbocycles. The lowest BCUT2D eigenvalue weighted by atomic mass is 9.95. The van der Waals surface area contributed by atoms with E-state index in [-0.39, 0.29) is 57.8 Å². The van der Waals surface area contributed by atoms with Gasteiger partial charge in [-0.2, -0.15) is 25.3 Å². The van der Waals surface area contributed by atoms with Crippen molar-refractivity contribution < 1.29 is 57.1 Å². The molecule has 1 N–H and O–H groups in total. The fourth-order valence-electron chi connectivity index (χ4n) is 4.17. The fraction of sp³-hybridized carbons (Fsp3) is 0.310. The summed E-state index contributed by atoms with van der Waals surface area (Å²) < 4.78 is 105. The molecule has 0 amide bonds. The molecule has 45 heavy (non-hydrogen) atoms. The lowest BCUT2D eigenvalue weighted by Crippen LogP contribution is -2.11. The third-order valence-electron chi connectivity index (χ3n) is 5.82. The Hall–Kier alpha value is -3.99. The summed E-state index contributed by atoms with van der Waals surface area (Å²) in [6.07, 6.45) is 4.30. The van der Waals surface area contributed by atoms with Gasteiger partial charge in [-0.3, -0.25) is 0 Å². The highest BCUT2D eigenvalue weighted by Gasteiger charge is 2.28. The lowest BCUT2D eigenvalue weighted by molar-refractivity contribution is 0.267. The molecule has 0 radical (unpaired) electrons. The number of allylic oxidation sites excluding steroid dienone is 1. The molecule has 0 heterocycles. The molecular weight excluding hydrogens is 653 g/mol. The van der Waals surface area contributed by atoms with Gasteiger partial charge in [0.1, 0.15) is 18.1 Å². The third-order valence-corrected chi connectivity index (χ3v) is 7.27. The maximum Gasteiger partial charge on any atom is 0.306 e. The molecule has 0 bridgehead atoms. The molecule has 0 aliphatic rings. The van der Waals surface area contributed by atoms with Crippen molar-refractivity contribution in [1.29, 1.82) is 0 Å². The number of benzene rings is 3. The van der Waals surface area contributed by atoms with Crippen LogP contribution < -0.4 is 26.8 Å². The van der Waals surface area contributed by atoms with Crippen LogP contribution >= 0.6 is 0 Å². The smallest absolute Gasteiger partial charge is 0.306 e. The highest BCUT2D eigenvalue weighted by molar-refractivity contribution is 7.86. The Morgan fingerprint density at radius 2 is 1.31 bits per heavy atom. The highest BCUT2D eigenvalue weighted by atomic mass is 32.2. The predicted octanol–water partition coefficient (Wildman–Crippen LogP) is 3.89. The standard InChI is InChI=1S/C29H34O13S3/c1-18(2)12-13-39-27-21(17-30)14-20(15-25(27)41-44(6,33)34)26-24(37-3)16-23(28(38-4)29(26)42-45(7,35)36)19-8-10-22(11-9-19)40-43(5,31)32/h8-12,14-16,30H,13,17H2,1-7H3. The largest absolute Gasteiger partial charge is 0.496 e. The lowest BCUT2D eigenvalue weighted by Gasteiger charge is -2.22. The van der Waals surface area contributed by atoms with Gasteiger partial charge in [-0.25, -0.2) is 0 Å². The number of methoxy groups -OCH3 is 2. The van der Waals surface area contributed by atoms with E-state index in [1.54, 1.807) is 6.08 Å². The minimum Gasteiger partial charge on any atom is -0.496 e. The Morgan fingerprint density at radius 3 is 1.80 bits per heavy atom. The molecule has 0 fully saturated rings. The summed E-state index contributed by atoms with van der Waals surface area (Å²) in [5.41, 5.74) is 1.93. The summed E-state index contributed by atoms with van der Waals surface area (Å²) >= 11 is 0. The molecule has 0 saturated heterocycles. The first-order valence-electron chi connectivity index (χ1n) is 13.0. The predicted molar refractivity (Wildman–Crippen MR) is 168 cm³/mol. The Bertz CT molecular complexity index is 1910. The zero-order valence-corrected chi connectivity index (χ0v) is 28.1. The van der Waals surface area contributed by atoms with Gasteiger partial charge in [0.2, 0.25) is 0 Å². The van der Waals surface area contributed by atoms with Crippen LogP contribution in [0.2, 0.25) is 0 Å². The van der Waals surface area contributed by atoms with Gasteiger partial charge in [-0.1, -0.05) is 17.7 Å². The first kappa shape index (κ1) is 35.5. The van der Waals surface area contributed by atoms with Gasteiger partial charge in [-0.15, -0.1) is 0 Å². The number of hydrogen-bond acceptors (Lipinski definition) is 13. The zero-order chi connectivity index (χ0) is 33.7. The fourth-order valence-corrected chi connectivity index (χ4v) is 5.54. The molecule has 0 aromatic heterocycles. The molecule has 3 rings (SSSR count). The summed E-state index contributed by atoms with van der Waals surface area (Å²) in [6.45, 7) is 3.12. The van der Waals surface area contributed by atoms with Crippen LogP contribution in [0.25, 0.3) is 22.3 Å². The molecule has 16 heteroatoms. The van der Waals surface area contributed by atoms with Gasteiger partial charge in [0.05, 0.1) is 45.2 Å². The molecular formula is C29H34O13S3. The van der Waals surface area contributed by atoms with E-state index >= 15 is 0 Å². The third kappa shape index (κ3) is 9.75. The van der Waals surface area contributed by atoms with Crippen LogP contribution in [-0.2, 0) is 37.0 Å². The second-order valence-corrected chi connectivity index (χ2v) is 14.7. The number of ether oxygens (including phenoxy) is 3. The second kappa shape index (κ2) is 14.0. The highest BCUT2D eigenvalue weighted by Crippen LogP contribution is 2.52. The number of aliphatic hydroxyl groups is 1. The summed E-state index contributed by atoms with van der Waals surface area (Å²) in [7, 11) is -9.49. The van der Waals surface area contributed by atoms with Crippen LogP contribution in [0.1, 0.15) is 19.4 Å². The quantitative estimate of drug-likeness (QED) is 0.191. The Morgan fingerprint density at radius 1 is 0.711 bits per heavy atom. The minimum atomic E-state index is -4.20. The molecule has 0 aliphatic carbocycles. The maximum atomic E-state index is 12.5. The van der Waals surface area contributed by atoms with Crippen molar-refractivity contribution in [3.05, 3.63) is 59.7 Å². The van der Waals surface area contributed by atoms with Gasteiger partial charge in [0.25, 0.3) is 0 Å². The van der Waals surface area contributed by atoms with Crippen LogP contribution in [0, 0.1) is 0 Å². The first-order chi connectivity index (χ1) is 20.9. The van der Waals surface area contributed by atoms with Gasteiger partial charge in [0, 0.05) is 11.1 Å². The van der Waals surface area contributed by atoms with Crippen LogP contribution in [0.3, 0.4) is 0 Å². The molecule has 0 aliphatic heterocycles. The van der Waals surface area contributed by atoms with E-state index in [9.17, 15) is 30.4 Å². The molecule has 0 spiro atoms. The van der Waals surface area contributed by atoms with E-state index in [4.69, 9.17) is 26.8 Å². The molecule has 0 unspecified atom stereocenters. The van der Waals surface area contributed by atoms with Crippen LogP contribution in [0.4, 0.5) is 0 Å². The van der Waals surface area contributed by atoms with Gasteiger partial charge >= 0.3 is 30.4 Å². The summed E-state index contributed by atoms with van der Waals surface area (Å²) in [6, 6.07) is 10.1. The number of aliphatic hydroxyl groups excluding tert-OH is 1. The molecule has 13 nitrogen and oxygen atoms in total. The second-order valence-electron chi connectivity index (χ2n) is 9.96. The van der Waals surface area contributed by atoms with Crippen molar-refractivity contribution in [2.24, 2.45) is 0 Å². The first-order valence-corrected chi connectivity index (χ1v) is 18.4. The summed E-state index contributed by atoms with van der Waals surface area (Å²) in [5, 5.41) is 10.3. The van der Waals surface area contributed by atoms with E-state index in [0.717, 1.165) is 24.3 Å². The van der Waals surface area contributed by atoms with Gasteiger partial charge in [-0.05, 0) is 61.4 Å². The summed E-state index contributed by atoms with van der Waals surface area (Å²) in [5.74, 6) is -0.607. The molecule has 3 aromatic rings. The van der Waals surface area contributed by atoms with Crippen molar-refractivity contribution in [2.45, 2.75) is 20.5 Å². The van der Waals surface area contributed by atoms with Crippen molar-refractivity contribution in [3.8, 4) is 56.8 Å². The zero-order valence-electron chi connectivity index (χ0n) is 25.6.